The Balaban J connectivity index is 1.07. The minimum Gasteiger partial charge on any atom is -0.491 e. The van der Waals surface area contributed by atoms with E-state index in [1.165, 1.54) is 17.7 Å². The van der Waals surface area contributed by atoms with Crippen molar-refractivity contribution < 1.29 is 45.4 Å². The van der Waals surface area contributed by atoms with E-state index in [2.05, 4.69) is 27.3 Å². The third-order valence-corrected chi connectivity index (χ3v) is 8.71. The fourth-order valence-electron chi connectivity index (χ4n) is 6.04. The maximum atomic E-state index is 13.6. The maximum Gasteiger partial charge on any atom is 0.417 e. The number of carbonyl (C=O) groups is 2. The molecule has 0 unspecified atom stereocenters. The summed E-state index contributed by atoms with van der Waals surface area (Å²) >= 11 is 0. The molecule has 3 heterocycles. The van der Waals surface area contributed by atoms with Crippen LogP contribution in [0.4, 0.5) is 32.0 Å². The predicted octanol–water partition coefficient (Wildman–Crippen LogP) is 8.40. The third kappa shape index (κ3) is 8.74. The number of ether oxygens (including phenoxy) is 2. The average Bonchev–Trinajstić information content (AvgIpc) is 3.44. The first-order valence-corrected chi connectivity index (χ1v) is 16.7. The van der Waals surface area contributed by atoms with Crippen molar-refractivity contribution in [3.8, 4) is 17.4 Å². The number of anilines is 1. The number of carbonyl (C=O) groups excluding carboxylic acids is 2. The zero-order chi connectivity index (χ0) is 38.1. The molecular weight excluding hydrogens is 704 g/mol. The molecule has 2 aromatic heterocycles. The van der Waals surface area contributed by atoms with E-state index in [9.17, 15) is 35.9 Å². The van der Waals surface area contributed by atoms with Gasteiger partial charge in [-0.1, -0.05) is 12.1 Å². The summed E-state index contributed by atoms with van der Waals surface area (Å²) < 4.78 is 93.0. The molecule has 0 radical (unpaired) electrons. The van der Waals surface area contributed by atoms with Gasteiger partial charge < -0.3 is 24.3 Å². The summed E-state index contributed by atoms with van der Waals surface area (Å²) in [5, 5.41) is 3.05. The number of aromatic nitrogens is 2. The lowest BCUT2D eigenvalue weighted by molar-refractivity contribution is -0.143. The molecule has 1 aliphatic rings. The second kappa shape index (κ2) is 14.8. The Morgan fingerprint density at radius 1 is 0.830 bits per heavy atom. The van der Waals surface area contributed by atoms with Gasteiger partial charge in [0.05, 0.1) is 40.2 Å². The lowest BCUT2D eigenvalue weighted by atomic mass is 10.0. The molecule has 0 aliphatic carbocycles. The molecule has 6 rings (SSSR count). The molecule has 0 spiro atoms. The standard InChI is InChI=1S/C38H35F6N5O4/c1-23(2)52-28-9-4-24(5-10-28)22-48-14-16-49(17-15-48)36(51)33-18-25-6-11-29(20-32(25)47(33)3)53-34-13-8-27(21-45-34)46-35(50)30-12-7-26(37(39,40)41)19-31(30)38(42,43)44/h4-13,18-21,23H,14-17,22H2,1-3H3,(H,46,50). The van der Waals surface area contributed by atoms with E-state index in [1.807, 2.05) is 36.9 Å². The summed E-state index contributed by atoms with van der Waals surface area (Å²) in [5.41, 5.74) is -1.81. The number of fused-ring (bicyclic) bond motifs is 1. The molecule has 0 bridgehead atoms. The average molecular weight is 740 g/mol. The van der Waals surface area contributed by atoms with E-state index in [0.717, 1.165) is 42.5 Å². The Labute approximate surface area is 300 Å². The number of aryl methyl sites for hydroxylation is 1. The largest absolute Gasteiger partial charge is 0.491 e. The number of rotatable bonds is 9. The topological polar surface area (TPSA) is 88.9 Å². The molecule has 9 nitrogen and oxygen atoms in total. The fourth-order valence-corrected chi connectivity index (χ4v) is 6.04. The Bertz CT molecular complexity index is 2100. The minimum absolute atomic E-state index is 0.0110. The monoisotopic (exact) mass is 739 g/mol. The van der Waals surface area contributed by atoms with Gasteiger partial charge in [0.25, 0.3) is 11.8 Å². The Morgan fingerprint density at radius 3 is 2.15 bits per heavy atom. The number of piperazine rings is 1. The van der Waals surface area contributed by atoms with E-state index in [1.54, 1.807) is 29.8 Å². The van der Waals surface area contributed by atoms with Crippen LogP contribution in [-0.4, -0.2) is 63.4 Å². The number of alkyl halides is 6. The zero-order valence-corrected chi connectivity index (χ0v) is 28.9. The molecule has 53 heavy (non-hydrogen) atoms. The quantitative estimate of drug-likeness (QED) is 0.153. The van der Waals surface area contributed by atoms with Gasteiger partial charge in [0, 0.05) is 57.3 Å². The molecule has 1 N–H and O–H groups in total. The molecule has 2 amide bonds. The summed E-state index contributed by atoms with van der Waals surface area (Å²) in [6, 6.07) is 18.6. The Morgan fingerprint density at radius 2 is 1.53 bits per heavy atom. The molecular formula is C38H35F6N5O4. The van der Waals surface area contributed by atoms with Crippen molar-refractivity contribution in [2.24, 2.45) is 7.05 Å². The highest BCUT2D eigenvalue weighted by Gasteiger charge is 2.39. The van der Waals surface area contributed by atoms with Crippen LogP contribution in [0.15, 0.2) is 85.1 Å². The molecule has 278 valence electrons. The van der Waals surface area contributed by atoms with Crippen molar-refractivity contribution in [2.75, 3.05) is 31.5 Å². The molecule has 3 aromatic carbocycles. The second-order valence-electron chi connectivity index (χ2n) is 12.9. The lowest BCUT2D eigenvalue weighted by Crippen LogP contribution is -2.48. The van der Waals surface area contributed by atoms with Gasteiger partial charge >= 0.3 is 12.4 Å². The van der Waals surface area contributed by atoms with Gasteiger partial charge in [-0.15, -0.1) is 0 Å². The molecule has 1 saturated heterocycles. The SMILES string of the molecule is CC(C)Oc1ccc(CN2CCN(C(=O)c3cc4ccc(Oc5ccc(NC(=O)c6ccc(C(F)(F)F)cc6C(F)(F)F)cn5)cc4n3C)CC2)cc1. The van der Waals surface area contributed by atoms with Crippen LogP contribution in [0.2, 0.25) is 0 Å². The van der Waals surface area contributed by atoms with Gasteiger partial charge in [-0.3, -0.25) is 14.5 Å². The van der Waals surface area contributed by atoms with Gasteiger partial charge in [-0.05, 0) is 74.0 Å². The summed E-state index contributed by atoms with van der Waals surface area (Å²) in [4.78, 5) is 34.5. The second-order valence-corrected chi connectivity index (χ2v) is 12.9. The summed E-state index contributed by atoms with van der Waals surface area (Å²) in [6.07, 6.45) is -8.98. The highest BCUT2D eigenvalue weighted by atomic mass is 19.4. The van der Waals surface area contributed by atoms with Gasteiger partial charge in [0.15, 0.2) is 0 Å². The lowest BCUT2D eigenvalue weighted by Gasteiger charge is -2.34. The number of halogens is 6. The number of hydrogen-bond donors (Lipinski definition) is 1. The molecule has 0 saturated carbocycles. The Hall–Kier alpha value is -5.57. The van der Waals surface area contributed by atoms with E-state index >= 15 is 0 Å². The van der Waals surface area contributed by atoms with E-state index in [4.69, 9.17) is 9.47 Å². The summed E-state index contributed by atoms with van der Waals surface area (Å²) in [6.45, 7) is 7.38. The van der Waals surface area contributed by atoms with Gasteiger partial charge in [0.1, 0.15) is 17.2 Å². The van der Waals surface area contributed by atoms with Gasteiger partial charge in [0.2, 0.25) is 5.88 Å². The third-order valence-electron chi connectivity index (χ3n) is 8.71. The van der Waals surface area contributed by atoms with Crippen molar-refractivity contribution in [2.45, 2.75) is 38.8 Å². The number of pyridine rings is 1. The number of nitrogens with zero attached hydrogens (tertiary/aromatic N) is 4. The van der Waals surface area contributed by atoms with Crippen LogP contribution in [0.1, 0.15) is 51.4 Å². The number of nitrogens with one attached hydrogen (secondary N) is 1. The molecule has 5 aromatic rings. The van der Waals surface area contributed by atoms with Crippen LogP contribution < -0.4 is 14.8 Å². The van der Waals surface area contributed by atoms with Crippen molar-refractivity contribution in [3.63, 3.8) is 0 Å². The number of amides is 2. The van der Waals surface area contributed by atoms with Crippen molar-refractivity contribution in [3.05, 3.63) is 113 Å². The molecule has 0 atom stereocenters. The minimum atomic E-state index is -5.20. The van der Waals surface area contributed by atoms with Crippen molar-refractivity contribution in [1.29, 1.82) is 0 Å². The van der Waals surface area contributed by atoms with Gasteiger partial charge in [-0.2, -0.15) is 26.3 Å². The molecule has 1 aliphatic heterocycles. The van der Waals surface area contributed by atoms with Gasteiger partial charge in [-0.25, -0.2) is 4.98 Å². The first-order valence-electron chi connectivity index (χ1n) is 16.7. The normalized spacial score (nSPS) is 14.1. The van der Waals surface area contributed by atoms with E-state index in [-0.39, 0.29) is 29.6 Å². The van der Waals surface area contributed by atoms with Crippen LogP contribution in [0.3, 0.4) is 0 Å². The Kier molecular flexibility index (Phi) is 10.4. The van der Waals surface area contributed by atoms with E-state index < -0.39 is 35.0 Å². The summed E-state index contributed by atoms with van der Waals surface area (Å²) in [7, 11) is 1.79. The summed E-state index contributed by atoms with van der Waals surface area (Å²) in [5.74, 6) is -0.0314. The highest BCUT2D eigenvalue weighted by Crippen LogP contribution is 2.38. The van der Waals surface area contributed by atoms with Crippen LogP contribution in [0.5, 0.6) is 17.4 Å². The highest BCUT2D eigenvalue weighted by molar-refractivity contribution is 6.05. The van der Waals surface area contributed by atoms with E-state index in [0.29, 0.717) is 36.7 Å². The zero-order valence-electron chi connectivity index (χ0n) is 28.9. The molecule has 1 fully saturated rings. The van der Waals surface area contributed by atoms with Crippen molar-refractivity contribution >= 4 is 28.4 Å². The first-order chi connectivity index (χ1) is 25.0. The number of benzene rings is 3. The fraction of sp³-hybridized carbons (Fsp3) is 0.289. The first kappa shape index (κ1) is 37.2. The van der Waals surface area contributed by atoms with Crippen LogP contribution in [-0.2, 0) is 25.9 Å². The smallest absolute Gasteiger partial charge is 0.417 e. The number of hydrogen-bond acceptors (Lipinski definition) is 6. The van der Waals surface area contributed by atoms with Crippen LogP contribution in [0, 0.1) is 0 Å². The maximum absolute atomic E-state index is 13.6. The van der Waals surface area contributed by atoms with Crippen molar-refractivity contribution in [1.82, 2.24) is 19.4 Å². The van der Waals surface area contributed by atoms with Crippen LogP contribution >= 0.6 is 0 Å². The van der Waals surface area contributed by atoms with Crippen LogP contribution in [0.25, 0.3) is 10.9 Å². The predicted molar refractivity (Wildman–Crippen MR) is 185 cm³/mol. The molecule has 15 heteroatoms.